The van der Waals surface area contributed by atoms with Gasteiger partial charge in [-0.15, -0.1) is 11.3 Å². The molecule has 6 nitrogen and oxygen atoms in total. The van der Waals surface area contributed by atoms with E-state index < -0.39 is 10.0 Å². The van der Waals surface area contributed by atoms with Crippen LogP contribution in [0.25, 0.3) is 0 Å². The molecule has 0 aliphatic rings. The molecular weight excluding hydrogens is 352 g/mol. The first-order valence-corrected chi connectivity index (χ1v) is 8.27. The van der Waals surface area contributed by atoms with E-state index in [1.54, 1.807) is 0 Å². The number of nitrogens with two attached hydrogens (primary N) is 1. The molecule has 0 saturated carbocycles. The zero-order chi connectivity index (χ0) is 14.2. The summed E-state index contributed by atoms with van der Waals surface area (Å²) in [5.41, 5.74) is 6.39. The fraction of sp³-hybridized carbons (Fsp3) is 0.200. The normalized spacial score (nSPS) is 11.5. The first-order valence-electron chi connectivity index (χ1n) is 5.17. The van der Waals surface area contributed by atoms with Gasteiger partial charge in [-0.1, -0.05) is 0 Å². The number of halogens is 1. The second-order valence-electron chi connectivity index (χ2n) is 3.80. The third kappa shape index (κ3) is 3.04. The lowest BCUT2D eigenvalue weighted by Crippen LogP contribution is -2.15. The molecule has 0 aromatic carbocycles. The Morgan fingerprint density at radius 3 is 2.68 bits per heavy atom. The second kappa shape index (κ2) is 5.06. The Kier molecular flexibility index (Phi) is 3.79. The zero-order valence-corrected chi connectivity index (χ0v) is 13.4. The van der Waals surface area contributed by atoms with Crippen LogP contribution in [0, 0.1) is 13.8 Å². The van der Waals surface area contributed by atoms with Gasteiger partial charge in [0.15, 0.2) is 5.13 Å². The van der Waals surface area contributed by atoms with Gasteiger partial charge in [-0.05, 0) is 35.8 Å². The van der Waals surface area contributed by atoms with Crippen LogP contribution in [0.2, 0.25) is 0 Å². The van der Waals surface area contributed by atoms with Gasteiger partial charge in [0.25, 0.3) is 10.0 Å². The lowest BCUT2D eigenvalue weighted by molar-refractivity contribution is 0.601. The molecule has 19 heavy (non-hydrogen) atoms. The summed E-state index contributed by atoms with van der Waals surface area (Å²) in [6.45, 7) is 3.69. The summed E-state index contributed by atoms with van der Waals surface area (Å²) in [5, 5.41) is 0.314. The van der Waals surface area contributed by atoms with E-state index in [2.05, 4.69) is 30.6 Å². The van der Waals surface area contributed by atoms with Gasteiger partial charge in [-0.3, -0.25) is 4.72 Å². The maximum Gasteiger partial charge on any atom is 0.267 e. The van der Waals surface area contributed by atoms with Crippen LogP contribution in [-0.4, -0.2) is 18.4 Å². The first kappa shape index (κ1) is 14.2. The molecule has 2 heterocycles. The Hall–Kier alpha value is -1.19. The van der Waals surface area contributed by atoms with Gasteiger partial charge in [-0.2, -0.15) is 0 Å². The van der Waals surface area contributed by atoms with Crippen LogP contribution in [-0.2, 0) is 10.0 Å². The van der Waals surface area contributed by atoms with E-state index in [9.17, 15) is 8.42 Å². The molecule has 0 fully saturated rings. The molecule has 2 aromatic heterocycles. The van der Waals surface area contributed by atoms with E-state index in [0.29, 0.717) is 9.60 Å². The van der Waals surface area contributed by atoms with Crippen molar-refractivity contribution in [2.75, 3.05) is 10.5 Å². The Bertz CT molecular complexity index is 708. The number of aromatic nitrogens is 2. The maximum atomic E-state index is 12.2. The summed E-state index contributed by atoms with van der Waals surface area (Å²) in [4.78, 5) is 8.81. The van der Waals surface area contributed by atoms with Crippen molar-refractivity contribution >= 4 is 48.2 Å². The number of anilines is 2. The van der Waals surface area contributed by atoms with Crippen molar-refractivity contribution in [1.29, 1.82) is 0 Å². The van der Waals surface area contributed by atoms with Crippen LogP contribution in [0.3, 0.4) is 0 Å². The van der Waals surface area contributed by atoms with Crippen LogP contribution >= 0.6 is 27.3 Å². The van der Waals surface area contributed by atoms with E-state index in [4.69, 9.17) is 5.73 Å². The molecule has 0 unspecified atom stereocenters. The largest absolute Gasteiger partial charge is 0.383 e. The second-order valence-corrected chi connectivity index (χ2v) is 7.57. The molecule has 0 aliphatic heterocycles. The molecular formula is C10H11BrN4O2S2. The Balaban J connectivity index is 2.40. The van der Waals surface area contributed by atoms with E-state index >= 15 is 0 Å². The maximum absolute atomic E-state index is 12.2. The Labute approximate surface area is 123 Å². The standard InChI is InChI=1S/C10H11BrN4O2S2/c1-5-6(2)18-10(14-5)15-19(16,17)8-3-7(11)4-13-9(8)12/h3-4H,1-2H3,(H2,12,13)(H,14,15). The van der Waals surface area contributed by atoms with Crippen molar-refractivity contribution < 1.29 is 8.42 Å². The molecule has 9 heteroatoms. The number of hydrogen-bond acceptors (Lipinski definition) is 6. The minimum absolute atomic E-state index is 0.0549. The van der Waals surface area contributed by atoms with Crippen LogP contribution in [0.15, 0.2) is 21.6 Å². The molecule has 102 valence electrons. The number of nitrogens with zero attached hydrogens (tertiary/aromatic N) is 2. The number of hydrogen-bond donors (Lipinski definition) is 2. The van der Waals surface area contributed by atoms with Gasteiger partial charge >= 0.3 is 0 Å². The van der Waals surface area contributed by atoms with Crippen LogP contribution in [0.5, 0.6) is 0 Å². The molecule has 3 N–H and O–H groups in total. The van der Waals surface area contributed by atoms with Crippen molar-refractivity contribution in [1.82, 2.24) is 9.97 Å². The number of pyridine rings is 1. The molecule has 2 rings (SSSR count). The highest BCUT2D eigenvalue weighted by atomic mass is 79.9. The van der Waals surface area contributed by atoms with E-state index in [1.165, 1.54) is 23.6 Å². The molecule has 0 aliphatic carbocycles. The summed E-state index contributed by atoms with van der Waals surface area (Å²) < 4.78 is 27.4. The van der Waals surface area contributed by atoms with Gasteiger partial charge in [0, 0.05) is 15.5 Å². The average Bonchev–Trinajstić information content (AvgIpc) is 2.60. The van der Waals surface area contributed by atoms with Gasteiger partial charge in [0.05, 0.1) is 5.69 Å². The van der Waals surface area contributed by atoms with Crippen molar-refractivity contribution in [3.63, 3.8) is 0 Å². The predicted octanol–water partition coefficient (Wildman–Crippen LogP) is 2.30. The summed E-state index contributed by atoms with van der Waals surface area (Å²) in [6, 6.07) is 1.40. The van der Waals surface area contributed by atoms with E-state index in [0.717, 1.165) is 10.6 Å². The Morgan fingerprint density at radius 1 is 1.42 bits per heavy atom. The van der Waals surface area contributed by atoms with Crippen LogP contribution in [0.4, 0.5) is 10.9 Å². The van der Waals surface area contributed by atoms with Gasteiger partial charge in [0.2, 0.25) is 0 Å². The number of aryl methyl sites for hydroxylation is 2. The lowest BCUT2D eigenvalue weighted by atomic mass is 10.4. The molecule has 0 spiro atoms. The topological polar surface area (TPSA) is 98.0 Å². The summed E-state index contributed by atoms with van der Waals surface area (Å²) in [5.74, 6) is -0.0549. The van der Waals surface area contributed by atoms with Gasteiger partial charge < -0.3 is 5.73 Å². The van der Waals surface area contributed by atoms with Crippen molar-refractivity contribution in [3.8, 4) is 0 Å². The predicted molar refractivity (Wildman–Crippen MR) is 78.7 cm³/mol. The smallest absolute Gasteiger partial charge is 0.267 e. The molecule has 0 bridgehead atoms. The third-order valence-corrected chi connectivity index (χ3v) is 5.31. The molecule has 0 saturated heterocycles. The van der Waals surface area contributed by atoms with Crippen molar-refractivity contribution in [2.24, 2.45) is 0 Å². The number of rotatable bonds is 3. The summed E-state index contributed by atoms with van der Waals surface area (Å²) in [7, 11) is -3.79. The lowest BCUT2D eigenvalue weighted by Gasteiger charge is -2.07. The first-order chi connectivity index (χ1) is 8.79. The fourth-order valence-electron chi connectivity index (χ4n) is 1.33. The SMILES string of the molecule is Cc1nc(NS(=O)(=O)c2cc(Br)cnc2N)sc1C. The van der Waals surface area contributed by atoms with E-state index in [1.807, 2.05) is 13.8 Å². The average molecular weight is 363 g/mol. The molecule has 2 aromatic rings. The van der Waals surface area contributed by atoms with Crippen LogP contribution in [0.1, 0.15) is 10.6 Å². The number of nitrogens with one attached hydrogen (secondary N) is 1. The monoisotopic (exact) mass is 362 g/mol. The molecule has 0 radical (unpaired) electrons. The van der Waals surface area contributed by atoms with Gasteiger partial charge in [0.1, 0.15) is 10.7 Å². The minimum Gasteiger partial charge on any atom is -0.383 e. The van der Waals surface area contributed by atoms with Gasteiger partial charge in [-0.25, -0.2) is 18.4 Å². The molecule has 0 amide bonds. The molecule has 0 atom stereocenters. The quantitative estimate of drug-likeness (QED) is 0.872. The zero-order valence-electron chi connectivity index (χ0n) is 10.1. The van der Waals surface area contributed by atoms with E-state index in [-0.39, 0.29) is 10.7 Å². The summed E-state index contributed by atoms with van der Waals surface area (Å²) >= 11 is 4.44. The number of sulfonamides is 1. The fourth-order valence-corrected chi connectivity index (χ4v) is 3.97. The van der Waals surface area contributed by atoms with Crippen molar-refractivity contribution in [2.45, 2.75) is 18.7 Å². The number of thiazole rings is 1. The minimum atomic E-state index is -3.79. The van der Waals surface area contributed by atoms with Crippen molar-refractivity contribution in [3.05, 3.63) is 27.3 Å². The highest BCUT2D eigenvalue weighted by molar-refractivity contribution is 9.10. The highest BCUT2D eigenvalue weighted by Gasteiger charge is 2.20. The third-order valence-electron chi connectivity index (χ3n) is 2.39. The highest BCUT2D eigenvalue weighted by Crippen LogP contribution is 2.26. The number of nitrogen functional groups attached to an aromatic ring is 1. The van der Waals surface area contributed by atoms with Crippen LogP contribution < -0.4 is 10.5 Å². The summed E-state index contributed by atoms with van der Waals surface area (Å²) in [6.07, 6.45) is 1.44. The Morgan fingerprint density at radius 2 is 2.11 bits per heavy atom.